The van der Waals surface area contributed by atoms with Crippen LogP contribution in [0.2, 0.25) is 0 Å². The lowest BCUT2D eigenvalue weighted by molar-refractivity contribution is 0.585. The molecule has 0 fully saturated rings. The Hall–Kier alpha value is -1.95. The van der Waals surface area contributed by atoms with Crippen LogP contribution in [0.25, 0.3) is 11.0 Å². The molecule has 1 atom stereocenters. The minimum Gasteiger partial charge on any atom is -0.369 e. The average Bonchev–Trinajstić information content (AvgIpc) is 2.99. The Morgan fingerprint density at radius 3 is 3.00 bits per heavy atom. The first-order valence-corrected chi connectivity index (χ1v) is 6.91. The van der Waals surface area contributed by atoms with E-state index in [4.69, 9.17) is 5.73 Å². The molecule has 19 heavy (non-hydrogen) atoms. The smallest absolute Gasteiger partial charge is 0.201 e. The normalized spacial score (nSPS) is 12.9. The number of nitrogen functional groups attached to an aromatic ring is 1. The molecule has 0 aliphatic rings. The molecule has 2 N–H and O–H groups in total. The third-order valence-electron chi connectivity index (χ3n) is 3.11. The summed E-state index contributed by atoms with van der Waals surface area (Å²) < 4.78 is 15.2. The molecule has 4 nitrogen and oxygen atoms in total. The second-order valence-electron chi connectivity index (χ2n) is 4.27. The summed E-state index contributed by atoms with van der Waals surface area (Å²) in [6, 6.07) is 4.57. The van der Waals surface area contributed by atoms with Crippen molar-refractivity contribution in [2.45, 2.75) is 19.4 Å². The topological polar surface area (TPSA) is 56.7 Å². The van der Waals surface area contributed by atoms with E-state index in [0.717, 1.165) is 16.9 Å². The minimum atomic E-state index is -0.306. The summed E-state index contributed by atoms with van der Waals surface area (Å²) in [4.78, 5) is 8.58. The van der Waals surface area contributed by atoms with E-state index in [1.165, 1.54) is 12.1 Å². The Morgan fingerprint density at radius 2 is 2.32 bits per heavy atom. The monoisotopic (exact) mass is 276 g/mol. The fraction of sp³-hybridized carbons (Fsp3) is 0.231. The van der Waals surface area contributed by atoms with Crippen LogP contribution in [0.5, 0.6) is 0 Å². The van der Waals surface area contributed by atoms with Crippen LogP contribution < -0.4 is 5.73 Å². The van der Waals surface area contributed by atoms with Crippen LogP contribution in [0.4, 0.5) is 10.3 Å². The molecule has 3 aromatic rings. The number of hydrogen-bond acceptors (Lipinski definition) is 4. The summed E-state index contributed by atoms with van der Waals surface area (Å²) in [7, 11) is 0. The second-order valence-corrected chi connectivity index (χ2v) is 5.19. The Balaban J connectivity index is 2.21. The molecule has 1 unspecified atom stereocenters. The number of benzene rings is 1. The van der Waals surface area contributed by atoms with E-state index in [9.17, 15) is 4.39 Å². The fourth-order valence-corrected chi connectivity index (χ4v) is 3.10. The number of rotatable bonds is 3. The Bertz CT molecular complexity index is 705. The molecule has 0 aliphatic heterocycles. The Labute approximate surface area is 113 Å². The van der Waals surface area contributed by atoms with Crippen molar-refractivity contribution in [1.82, 2.24) is 14.5 Å². The van der Waals surface area contributed by atoms with Crippen molar-refractivity contribution in [3.05, 3.63) is 40.6 Å². The van der Waals surface area contributed by atoms with Gasteiger partial charge in [0, 0.05) is 17.6 Å². The van der Waals surface area contributed by atoms with Crippen molar-refractivity contribution in [2.24, 2.45) is 0 Å². The maximum absolute atomic E-state index is 13.2. The molecule has 0 saturated heterocycles. The Morgan fingerprint density at radius 1 is 1.47 bits per heavy atom. The molecule has 3 rings (SSSR count). The molecule has 0 radical (unpaired) electrons. The molecule has 0 aliphatic carbocycles. The average molecular weight is 276 g/mol. The number of thiazole rings is 1. The van der Waals surface area contributed by atoms with Crippen molar-refractivity contribution < 1.29 is 4.39 Å². The highest BCUT2D eigenvalue weighted by Crippen LogP contribution is 2.30. The van der Waals surface area contributed by atoms with Crippen LogP contribution in [-0.2, 0) is 0 Å². The quantitative estimate of drug-likeness (QED) is 0.799. The first kappa shape index (κ1) is 12.1. The summed E-state index contributed by atoms with van der Waals surface area (Å²) in [6.45, 7) is 2.07. The summed E-state index contributed by atoms with van der Waals surface area (Å²) in [5.41, 5.74) is 7.40. The van der Waals surface area contributed by atoms with Crippen LogP contribution in [0.3, 0.4) is 0 Å². The number of anilines is 1. The minimum absolute atomic E-state index is 0.0375. The van der Waals surface area contributed by atoms with Crippen LogP contribution in [-0.4, -0.2) is 14.5 Å². The van der Waals surface area contributed by atoms with Gasteiger partial charge in [-0.2, -0.15) is 0 Å². The van der Waals surface area contributed by atoms with Crippen molar-refractivity contribution in [3.8, 4) is 0 Å². The molecule has 98 valence electrons. The number of imidazole rings is 1. The van der Waals surface area contributed by atoms with E-state index in [2.05, 4.69) is 16.9 Å². The van der Waals surface area contributed by atoms with Crippen LogP contribution in [0.1, 0.15) is 24.4 Å². The van der Waals surface area contributed by atoms with Gasteiger partial charge in [0.15, 0.2) is 0 Å². The van der Waals surface area contributed by atoms with Gasteiger partial charge in [-0.05, 0) is 18.6 Å². The number of nitrogens with zero attached hydrogens (tertiary/aromatic N) is 3. The van der Waals surface area contributed by atoms with E-state index in [0.29, 0.717) is 11.5 Å². The molecule has 1 aromatic carbocycles. The van der Waals surface area contributed by atoms with Crippen LogP contribution in [0, 0.1) is 5.82 Å². The zero-order valence-corrected chi connectivity index (χ0v) is 11.2. The second kappa shape index (κ2) is 4.62. The molecular formula is C13H13FN4S. The fourth-order valence-electron chi connectivity index (χ4n) is 2.28. The van der Waals surface area contributed by atoms with Crippen molar-refractivity contribution in [2.75, 3.05) is 5.73 Å². The van der Waals surface area contributed by atoms with Crippen LogP contribution >= 0.6 is 11.3 Å². The van der Waals surface area contributed by atoms with Crippen molar-refractivity contribution >= 4 is 28.3 Å². The lowest BCUT2D eigenvalue weighted by Gasteiger charge is -2.16. The highest BCUT2D eigenvalue weighted by Gasteiger charge is 2.20. The maximum Gasteiger partial charge on any atom is 0.201 e. The molecule has 6 heteroatoms. The van der Waals surface area contributed by atoms with Crippen molar-refractivity contribution in [1.29, 1.82) is 0 Å². The van der Waals surface area contributed by atoms with Gasteiger partial charge in [-0.15, -0.1) is 11.3 Å². The standard InChI is InChI=1S/C13H13FN4S/c1-2-10(12-16-5-6-19-12)18-11-4-3-8(14)7-9(11)17-13(18)15/h3-7,10H,2H2,1H3,(H2,15,17). The largest absolute Gasteiger partial charge is 0.369 e. The summed E-state index contributed by atoms with van der Waals surface area (Å²) in [5, 5.41) is 2.92. The van der Waals surface area contributed by atoms with Crippen LogP contribution in [0.15, 0.2) is 29.8 Å². The Kier molecular flexibility index (Phi) is 2.94. The highest BCUT2D eigenvalue weighted by molar-refractivity contribution is 7.09. The molecule has 2 aromatic heterocycles. The highest BCUT2D eigenvalue weighted by atomic mass is 32.1. The van der Waals surface area contributed by atoms with Gasteiger partial charge in [0.25, 0.3) is 0 Å². The lowest BCUT2D eigenvalue weighted by Crippen LogP contribution is -2.12. The van der Waals surface area contributed by atoms with E-state index in [1.807, 2.05) is 9.95 Å². The molecule has 0 bridgehead atoms. The van der Waals surface area contributed by atoms with Gasteiger partial charge in [0.05, 0.1) is 17.1 Å². The molecule has 0 amide bonds. The van der Waals surface area contributed by atoms with Gasteiger partial charge >= 0.3 is 0 Å². The lowest BCUT2D eigenvalue weighted by atomic mass is 10.2. The number of hydrogen-bond donors (Lipinski definition) is 1. The van der Waals surface area contributed by atoms with Gasteiger partial charge in [0.2, 0.25) is 5.95 Å². The first-order valence-electron chi connectivity index (χ1n) is 6.03. The van der Waals surface area contributed by atoms with Gasteiger partial charge in [-0.3, -0.25) is 0 Å². The maximum atomic E-state index is 13.2. The van der Waals surface area contributed by atoms with E-state index in [-0.39, 0.29) is 11.9 Å². The SMILES string of the molecule is CCC(c1nccs1)n1c(N)nc2cc(F)ccc21. The summed E-state index contributed by atoms with van der Waals surface area (Å²) in [5.74, 6) is 0.0853. The zero-order valence-electron chi connectivity index (χ0n) is 10.4. The van der Waals surface area contributed by atoms with E-state index < -0.39 is 0 Å². The van der Waals surface area contributed by atoms with Gasteiger partial charge in [-0.1, -0.05) is 6.92 Å². The number of halogens is 1. The number of aromatic nitrogens is 3. The molecule has 2 heterocycles. The molecule has 0 spiro atoms. The van der Waals surface area contributed by atoms with Gasteiger partial charge < -0.3 is 10.3 Å². The third kappa shape index (κ3) is 1.98. The molecular weight excluding hydrogens is 263 g/mol. The summed E-state index contributed by atoms with van der Waals surface area (Å²) in [6.07, 6.45) is 2.62. The van der Waals surface area contributed by atoms with Gasteiger partial charge in [0.1, 0.15) is 10.8 Å². The predicted molar refractivity (Wildman–Crippen MR) is 74.6 cm³/mol. The van der Waals surface area contributed by atoms with E-state index in [1.54, 1.807) is 23.6 Å². The first-order chi connectivity index (χ1) is 9.20. The van der Waals surface area contributed by atoms with E-state index >= 15 is 0 Å². The predicted octanol–water partition coefficient (Wildman–Crippen LogP) is 3.21. The third-order valence-corrected chi connectivity index (χ3v) is 3.99. The molecule has 0 saturated carbocycles. The summed E-state index contributed by atoms with van der Waals surface area (Å²) >= 11 is 1.58. The van der Waals surface area contributed by atoms with Gasteiger partial charge in [-0.25, -0.2) is 14.4 Å². The number of fused-ring (bicyclic) bond motifs is 1. The zero-order chi connectivity index (χ0) is 13.4. The van der Waals surface area contributed by atoms with Crippen molar-refractivity contribution in [3.63, 3.8) is 0 Å². The number of nitrogens with two attached hydrogens (primary N) is 1.